The lowest BCUT2D eigenvalue weighted by Gasteiger charge is -2.24. The van der Waals surface area contributed by atoms with Gasteiger partial charge in [0.1, 0.15) is 0 Å². The summed E-state index contributed by atoms with van der Waals surface area (Å²) in [6.45, 7) is 5.83. The lowest BCUT2D eigenvalue weighted by molar-refractivity contribution is 0.227. The van der Waals surface area contributed by atoms with Gasteiger partial charge >= 0.3 is 0 Å². The van der Waals surface area contributed by atoms with Gasteiger partial charge in [-0.3, -0.25) is 9.80 Å². The molecule has 1 unspecified atom stereocenters. The summed E-state index contributed by atoms with van der Waals surface area (Å²) < 4.78 is 0. The quantitative estimate of drug-likeness (QED) is 0.871. The van der Waals surface area contributed by atoms with Gasteiger partial charge in [-0.25, -0.2) is 0 Å². The fourth-order valence-corrected chi connectivity index (χ4v) is 3.24. The Kier molecular flexibility index (Phi) is 3.64. The van der Waals surface area contributed by atoms with Crippen molar-refractivity contribution in [2.45, 2.75) is 31.5 Å². The third kappa shape index (κ3) is 2.74. The first-order chi connectivity index (χ1) is 8.81. The molecule has 2 saturated heterocycles. The highest BCUT2D eigenvalue weighted by Gasteiger charge is 2.31. The zero-order valence-corrected chi connectivity index (χ0v) is 11.0. The van der Waals surface area contributed by atoms with Crippen LogP contribution in [0.5, 0.6) is 0 Å². The monoisotopic (exact) mass is 245 g/mol. The molecular formula is C15H23N3. The zero-order chi connectivity index (χ0) is 12.4. The van der Waals surface area contributed by atoms with Crippen LogP contribution in [0.3, 0.4) is 0 Å². The number of likely N-dealkylation sites (tertiary alicyclic amines) is 2. The Morgan fingerprint density at radius 2 is 1.89 bits per heavy atom. The van der Waals surface area contributed by atoms with Crippen LogP contribution in [0.1, 0.15) is 18.4 Å². The number of nitrogens with two attached hydrogens (primary N) is 1. The van der Waals surface area contributed by atoms with Crippen LogP contribution >= 0.6 is 0 Å². The van der Waals surface area contributed by atoms with Gasteiger partial charge in [-0.05, 0) is 18.4 Å². The van der Waals surface area contributed by atoms with Crippen molar-refractivity contribution in [2.75, 3.05) is 26.2 Å². The summed E-state index contributed by atoms with van der Waals surface area (Å²) in [4.78, 5) is 5.17. The molecule has 2 heterocycles. The van der Waals surface area contributed by atoms with Crippen LogP contribution in [-0.2, 0) is 6.54 Å². The van der Waals surface area contributed by atoms with E-state index in [1.54, 1.807) is 0 Å². The van der Waals surface area contributed by atoms with E-state index in [4.69, 9.17) is 5.73 Å². The van der Waals surface area contributed by atoms with E-state index in [1.807, 2.05) is 0 Å². The summed E-state index contributed by atoms with van der Waals surface area (Å²) in [5.74, 6) is 0. The zero-order valence-electron chi connectivity index (χ0n) is 11.0. The third-order valence-corrected chi connectivity index (χ3v) is 4.27. The van der Waals surface area contributed by atoms with Crippen LogP contribution in [-0.4, -0.2) is 48.1 Å². The maximum Gasteiger partial charge on any atom is 0.0236 e. The van der Waals surface area contributed by atoms with Crippen molar-refractivity contribution in [1.29, 1.82) is 0 Å². The first-order valence-corrected chi connectivity index (χ1v) is 7.07. The number of hydrogen-bond donors (Lipinski definition) is 1. The van der Waals surface area contributed by atoms with Crippen LogP contribution in [0.4, 0.5) is 0 Å². The largest absolute Gasteiger partial charge is 0.326 e. The van der Waals surface area contributed by atoms with Crippen molar-refractivity contribution in [1.82, 2.24) is 9.80 Å². The Balaban J connectivity index is 1.52. The van der Waals surface area contributed by atoms with Crippen molar-refractivity contribution in [3.63, 3.8) is 0 Å². The molecule has 2 atom stereocenters. The van der Waals surface area contributed by atoms with Gasteiger partial charge in [-0.1, -0.05) is 30.3 Å². The highest BCUT2D eigenvalue weighted by Crippen LogP contribution is 2.21. The summed E-state index contributed by atoms with van der Waals surface area (Å²) in [7, 11) is 0. The summed E-state index contributed by atoms with van der Waals surface area (Å²) in [6, 6.07) is 11.9. The molecule has 2 fully saturated rings. The standard InChI is InChI=1S/C15H23N3/c16-14-6-9-18(11-14)15-7-8-17(12-15)10-13-4-2-1-3-5-13/h1-5,14-15H,6-12,16H2/t14-,15?/m1/s1. The Hall–Kier alpha value is -0.900. The average molecular weight is 245 g/mol. The number of benzene rings is 1. The molecule has 98 valence electrons. The van der Waals surface area contributed by atoms with Crippen molar-refractivity contribution >= 4 is 0 Å². The van der Waals surface area contributed by atoms with E-state index < -0.39 is 0 Å². The van der Waals surface area contributed by atoms with Gasteiger partial charge in [0, 0.05) is 44.8 Å². The molecule has 0 aromatic heterocycles. The molecule has 0 amide bonds. The highest BCUT2D eigenvalue weighted by atomic mass is 15.3. The average Bonchev–Trinajstić information content (AvgIpc) is 2.99. The molecule has 1 aromatic rings. The minimum absolute atomic E-state index is 0.410. The molecule has 0 saturated carbocycles. The van der Waals surface area contributed by atoms with E-state index >= 15 is 0 Å². The maximum absolute atomic E-state index is 6.00. The molecule has 2 aliphatic heterocycles. The van der Waals surface area contributed by atoms with E-state index in [0.29, 0.717) is 6.04 Å². The molecule has 0 spiro atoms. The van der Waals surface area contributed by atoms with Gasteiger partial charge in [0.25, 0.3) is 0 Å². The van der Waals surface area contributed by atoms with Gasteiger partial charge in [0.2, 0.25) is 0 Å². The maximum atomic E-state index is 6.00. The van der Waals surface area contributed by atoms with Crippen molar-refractivity contribution in [2.24, 2.45) is 5.73 Å². The second-order valence-electron chi connectivity index (χ2n) is 5.71. The van der Waals surface area contributed by atoms with Gasteiger partial charge in [0.05, 0.1) is 0 Å². The van der Waals surface area contributed by atoms with Crippen molar-refractivity contribution in [3.05, 3.63) is 35.9 Å². The molecule has 3 nitrogen and oxygen atoms in total. The van der Waals surface area contributed by atoms with Gasteiger partial charge in [-0.15, -0.1) is 0 Å². The highest BCUT2D eigenvalue weighted by molar-refractivity contribution is 5.14. The second kappa shape index (κ2) is 5.39. The summed E-state index contributed by atoms with van der Waals surface area (Å²) >= 11 is 0. The van der Waals surface area contributed by atoms with Crippen molar-refractivity contribution < 1.29 is 0 Å². The minimum Gasteiger partial charge on any atom is -0.326 e. The first kappa shape index (κ1) is 12.2. The van der Waals surface area contributed by atoms with E-state index in [-0.39, 0.29) is 0 Å². The second-order valence-corrected chi connectivity index (χ2v) is 5.71. The SMILES string of the molecule is N[C@@H]1CCN(C2CCN(Cc3ccccc3)C2)C1. The Labute approximate surface area is 110 Å². The third-order valence-electron chi connectivity index (χ3n) is 4.27. The molecule has 0 aliphatic carbocycles. The lowest BCUT2D eigenvalue weighted by Crippen LogP contribution is -2.37. The fourth-order valence-electron chi connectivity index (χ4n) is 3.24. The molecule has 1 aromatic carbocycles. The fraction of sp³-hybridized carbons (Fsp3) is 0.600. The Morgan fingerprint density at radius 3 is 2.61 bits per heavy atom. The predicted molar refractivity (Wildman–Crippen MR) is 74.3 cm³/mol. The van der Waals surface area contributed by atoms with Crippen LogP contribution < -0.4 is 5.73 Å². The molecule has 3 rings (SSSR count). The molecule has 2 aliphatic rings. The topological polar surface area (TPSA) is 32.5 Å². The summed E-state index contributed by atoms with van der Waals surface area (Å²) in [5, 5.41) is 0. The molecule has 0 radical (unpaired) electrons. The van der Waals surface area contributed by atoms with Crippen LogP contribution in [0, 0.1) is 0 Å². The van der Waals surface area contributed by atoms with E-state index in [9.17, 15) is 0 Å². The minimum atomic E-state index is 0.410. The smallest absolute Gasteiger partial charge is 0.0236 e. The molecular weight excluding hydrogens is 222 g/mol. The molecule has 0 bridgehead atoms. The van der Waals surface area contributed by atoms with Gasteiger partial charge < -0.3 is 5.73 Å². The van der Waals surface area contributed by atoms with Gasteiger partial charge in [-0.2, -0.15) is 0 Å². The predicted octanol–water partition coefficient (Wildman–Crippen LogP) is 1.29. The van der Waals surface area contributed by atoms with E-state index in [1.165, 1.54) is 38.0 Å². The summed E-state index contributed by atoms with van der Waals surface area (Å²) in [5.41, 5.74) is 7.42. The Bertz CT molecular complexity index is 379. The molecule has 2 N–H and O–H groups in total. The van der Waals surface area contributed by atoms with Crippen LogP contribution in [0.15, 0.2) is 30.3 Å². The molecule has 18 heavy (non-hydrogen) atoms. The number of hydrogen-bond acceptors (Lipinski definition) is 3. The Morgan fingerprint density at radius 1 is 1.06 bits per heavy atom. The van der Waals surface area contributed by atoms with E-state index in [0.717, 1.165) is 19.1 Å². The van der Waals surface area contributed by atoms with Crippen LogP contribution in [0.25, 0.3) is 0 Å². The summed E-state index contributed by atoms with van der Waals surface area (Å²) in [6.07, 6.45) is 2.48. The normalized spacial score (nSPS) is 30.1. The molecule has 3 heteroatoms. The van der Waals surface area contributed by atoms with Crippen molar-refractivity contribution in [3.8, 4) is 0 Å². The van der Waals surface area contributed by atoms with Crippen LogP contribution in [0.2, 0.25) is 0 Å². The lowest BCUT2D eigenvalue weighted by atomic mass is 10.2. The first-order valence-electron chi connectivity index (χ1n) is 7.07. The number of nitrogens with zero attached hydrogens (tertiary/aromatic N) is 2. The van der Waals surface area contributed by atoms with E-state index in [2.05, 4.69) is 40.1 Å². The van der Waals surface area contributed by atoms with Gasteiger partial charge in [0.15, 0.2) is 0 Å². The number of rotatable bonds is 3.